The molecular weight excluding hydrogens is 300 g/mol. The van der Waals surface area contributed by atoms with E-state index in [9.17, 15) is 24.3 Å². The maximum atomic E-state index is 12.4. The Morgan fingerprint density at radius 2 is 1.70 bits per heavy atom. The molecule has 0 aromatic heterocycles. The predicted octanol–water partition coefficient (Wildman–Crippen LogP) is 1.40. The second kappa shape index (κ2) is 5.83. The lowest BCUT2D eigenvalue weighted by Gasteiger charge is -2.27. The SMILES string of the molecule is O=C1NC(=O)c2cc(NC(=O)C3CCCCC3C(=O)O)ccc21. The van der Waals surface area contributed by atoms with Crippen LogP contribution < -0.4 is 10.6 Å². The quantitative estimate of drug-likeness (QED) is 0.730. The molecule has 0 saturated heterocycles. The highest BCUT2D eigenvalue weighted by atomic mass is 16.4. The van der Waals surface area contributed by atoms with Crippen LogP contribution in [-0.2, 0) is 9.59 Å². The van der Waals surface area contributed by atoms with Crippen LogP contribution in [0, 0.1) is 11.8 Å². The molecule has 1 saturated carbocycles. The van der Waals surface area contributed by atoms with Gasteiger partial charge in [0.1, 0.15) is 0 Å². The highest BCUT2D eigenvalue weighted by Crippen LogP contribution is 2.31. The Hall–Kier alpha value is -2.70. The number of benzene rings is 1. The van der Waals surface area contributed by atoms with Crippen molar-refractivity contribution < 1.29 is 24.3 Å². The molecule has 3 amide bonds. The molecule has 1 fully saturated rings. The van der Waals surface area contributed by atoms with Crippen molar-refractivity contribution in [3.63, 3.8) is 0 Å². The number of hydrogen-bond acceptors (Lipinski definition) is 4. The summed E-state index contributed by atoms with van der Waals surface area (Å²) in [6.07, 6.45) is 2.66. The standard InChI is InChI=1S/C16H16N2O5/c19-13(9-3-1-2-4-11(9)16(22)23)17-8-5-6-10-12(7-8)15(21)18-14(10)20/h5-7,9,11H,1-4H2,(H,17,19)(H,22,23)(H,18,20,21). The van der Waals surface area contributed by atoms with Gasteiger partial charge >= 0.3 is 5.97 Å². The van der Waals surface area contributed by atoms with Gasteiger partial charge in [0, 0.05) is 5.69 Å². The van der Waals surface area contributed by atoms with E-state index in [0.29, 0.717) is 18.5 Å². The number of hydrogen-bond donors (Lipinski definition) is 3. The number of amides is 3. The van der Waals surface area contributed by atoms with E-state index in [-0.39, 0.29) is 17.0 Å². The Balaban J connectivity index is 1.78. The molecule has 2 atom stereocenters. The van der Waals surface area contributed by atoms with Crippen LogP contribution in [0.5, 0.6) is 0 Å². The predicted molar refractivity (Wildman–Crippen MR) is 80.0 cm³/mol. The molecule has 0 bridgehead atoms. The van der Waals surface area contributed by atoms with Crippen LogP contribution in [0.25, 0.3) is 0 Å². The van der Waals surface area contributed by atoms with E-state index < -0.39 is 29.6 Å². The minimum Gasteiger partial charge on any atom is -0.481 e. The summed E-state index contributed by atoms with van der Waals surface area (Å²) in [6, 6.07) is 4.44. The Kier molecular flexibility index (Phi) is 3.85. The van der Waals surface area contributed by atoms with Gasteiger partial charge in [0.25, 0.3) is 11.8 Å². The normalized spacial score (nSPS) is 23.1. The van der Waals surface area contributed by atoms with Gasteiger partial charge in [-0.05, 0) is 31.0 Å². The van der Waals surface area contributed by atoms with Gasteiger partial charge in [0.05, 0.1) is 23.0 Å². The summed E-state index contributed by atoms with van der Waals surface area (Å²) in [5.41, 5.74) is 0.869. The lowest BCUT2D eigenvalue weighted by molar-refractivity contribution is -0.147. The number of imide groups is 1. The van der Waals surface area contributed by atoms with E-state index in [1.807, 2.05) is 0 Å². The Morgan fingerprint density at radius 3 is 2.39 bits per heavy atom. The maximum absolute atomic E-state index is 12.4. The van der Waals surface area contributed by atoms with Crippen LogP contribution in [0.15, 0.2) is 18.2 Å². The van der Waals surface area contributed by atoms with Crippen molar-refractivity contribution in [2.45, 2.75) is 25.7 Å². The number of nitrogens with one attached hydrogen (secondary N) is 2. The molecule has 3 rings (SSSR count). The van der Waals surface area contributed by atoms with Gasteiger partial charge in [0.2, 0.25) is 5.91 Å². The Morgan fingerprint density at radius 1 is 1.04 bits per heavy atom. The molecule has 1 aliphatic carbocycles. The number of carboxylic acids is 1. The van der Waals surface area contributed by atoms with Crippen molar-refractivity contribution in [1.82, 2.24) is 5.32 Å². The fraction of sp³-hybridized carbons (Fsp3) is 0.375. The number of carbonyl (C=O) groups is 4. The summed E-state index contributed by atoms with van der Waals surface area (Å²) in [7, 11) is 0. The van der Waals surface area contributed by atoms with Crippen LogP contribution >= 0.6 is 0 Å². The molecule has 23 heavy (non-hydrogen) atoms. The maximum Gasteiger partial charge on any atom is 0.307 e. The molecular formula is C16H16N2O5. The van der Waals surface area contributed by atoms with Crippen LogP contribution in [0.4, 0.5) is 5.69 Å². The fourth-order valence-electron chi connectivity index (χ4n) is 3.22. The molecule has 1 aromatic rings. The average molecular weight is 316 g/mol. The van der Waals surface area contributed by atoms with Crippen molar-refractivity contribution in [3.8, 4) is 0 Å². The highest BCUT2D eigenvalue weighted by Gasteiger charge is 2.36. The average Bonchev–Trinajstić information content (AvgIpc) is 2.81. The van der Waals surface area contributed by atoms with Crippen molar-refractivity contribution >= 4 is 29.4 Å². The topological polar surface area (TPSA) is 113 Å². The second-order valence-corrected chi connectivity index (χ2v) is 5.87. The van der Waals surface area contributed by atoms with E-state index >= 15 is 0 Å². The number of fused-ring (bicyclic) bond motifs is 1. The van der Waals surface area contributed by atoms with Gasteiger partial charge < -0.3 is 10.4 Å². The summed E-state index contributed by atoms with van der Waals surface area (Å²) in [5, 5.41) is 14.1. The zero-order valence-electron chi connectivity index (χ0n) is 12.3. The third-order valence-corrected chi connectivity index (χ3v) is 4.42. The molecule has 1 heterocycles. The van der Waals surface area contributed by atoms with Gasteiger partial charge in [-0.2, -0.15) is 0 Å². The van der Waals surface area contributed by atoms with E-state index in [0.717, 1.165) is 12.8 Å². The lowest BCUT2D eigenvalue weighted by atomic mass is 9.78. The van der Waals surface area contributed by atoms with Crippen LogP contribution in [0.2, 0.25) is 0 Å². The number of anilines is 1. The fourth-order valence-corrected chi connectivity index (χ4v) is 3.22. The van der Waals surface area contributed by atoms with Crippen LogP contribution in [-0.4, -0.2) is 28.8 Å². The summed E-state index contributed by atoms with van der Waals surface area (Å²) < 4.78 is 0. The number of carbonyl (C=O) groups excluding carboxylic acids is 3. The second-order valence-electron chi connectivity index (χ2n) is 5.87. The van der Waals surface area contributed by atoms with E-state index in [1.165, 1.54) is 18.2 Å². The first-order valence-corrected chi connectivity index (χ1v) is 7.51. The van der Waals surface area contributed by atoms with Crippen LogP contribution in [0.1, 0.15) is 46.4 Å². The molecule has 1 aromatic carbocycles. The third-order valence-electron chi connectivity index (χ3n) is 4.42. The van der Waals surface area contributed by atoms with Gasteiger partial charge in [0.15, 0.2) is 0 Å². The van der Waals surface area contributed by atoms with Gasteiger partial charge in [-0.1, -0.05) is 12.8 Å². The first kappa shape index (κ1) is 15.2. The summed E-state index contributed by atoms with van der Waals surface area (Å²) in [5.74, 6) is -3.53. The van der Waals surface area contributed by atoms with Crippen molar-refractivity contribution in [2.75, 3.05) is 5.32 Å². The zero-order chi connectivity index (χ0) is 16.6. The third kappa shape index (κ3) is 2.81. The first-order chi connectivity index (χ1) is 11.0. The molecule has 3 N–H and O–H groups in total. The number of rotatable bonds is 3. The molecule has 0 spiro atoms. The summed E-state index contributed by atoms with van der Waals surface area (Å²) in [6.45, 7) is 0. The monoisotopic (exact) mass is 316 g/mol. The van der Waals surface area contributed by atoms with E-state index in [4.69, 9.17) is 0 Å². The largest absolute Gasteiger partial charge is 0.481 e. The highest BCUT2D eigenvalue weighted by molar-refractivity contribution is 6.22. The minimum absolute atomic E-state index is 0.214. The van der Waals surface area contributed by atoms with Crippen molar-refractivity contribution in [2.24, 2.45) is 11.8 Å². The Bertz CT molecular complexity index is 712. The van der Waals surface area contributed by atoms with E-state index in [2.05, 4.69) is 10.6 Å². The Labute approximate surface area is 132 Å². The van der Waals surface area contributed by atoms with Crippen molar-refractivity contribution in [3.05, 3.63) is 29.3 Å². The molecule has 120 valence electrons. The zero-order valence-corrected chi connectivity index (χ0v) is 12.3. The molecule has 7 nitrogen and oxygen atoms in total. The molecule has 1 aliphatic heterocycles. The molecule has 2 unspecified atom stereocenters. The first-order valence-electron chi connectivity index (χ1n) is 7.51. The molecule has 7 heteroatoms. The van der Waals surface area contributed by atoms with E-state index in [1.54, 1.807) is 0 Å². The van der Waals surface area contributed by atoms with Crippen molar-refractivity contribution in [1.29, 1.82) is 0 Å². The molecule has 2 aliphatic rings. The van der Waals surface area contributed by atoms with Gasteiger partial charge in [-0.3, -0.25) is 24.5 Å². The number of aliphatic carboxylic acids is 1. The van der Waals surface area contributed by atoms with Gasteiger partial charge in [-0.15, -0.1) is 0 Å². The number of carboxylic acid groups (broad SMARTS) is 1. The summed E-state index contributed by atoms with van der Waals surface area (Å²) in [4.78, 5) is 46.8. The van der Waals surface area contributed by atoms with Crippen LogP contribution in [0.3, 0.4) is 0 Å². The summed E-state index contributed by atoms with van der Waals surface area (Å²) >= 11 is 0. The molecule has 0 radical (unpaired) electrons. The minimum atomic E-state index is -0.955. The lowest BCUT2D eigenvalue weighted by Crippen LogP contribution is -2.36. The smallest absolute Gasteiger partial charge is 0.307 e. The van der Waals surface area contributed by atoms with Gasteiger partial charge in [-0.25, -0.2) is 0 Å².